The molecule has 0 fully saturated rings. The van der Waals surface area contributed by atoms with Crippen LogP contribution in [0.5, 0.6) is 5.88 Å². The van der Waals surface area contributed by atoms with Crippen LogP contribution >= 0.6 is 0 Å². The standard InChI is InChI=1S/C16H16N4O/c1-2-13-14-11(8-10-6-4-3-5-7-10)12(9-17)15(18)21-16(14)20-19-13/h3-7,11H,2,8,18H2,1H3,(H,19,20)/t11-/m0/s1. The Balaban J connectivity index is 2.07. The van der Waals surface area contributed by atoms with Crippen molar-refractivity contribution < 1.29 is 4.74 Å². The minimum Gasteiger partial charge on any atom is -0.420 e. The van der Waals surface area contributed by atoms with Gasteiger partial charge in [-0.25, -0.2) is 0 Å². The largest absolute Gasteiger partial charge is 0.420 e. The number of allylic oxidation sites excluding steroid dienone is 1. The Hall–Kier alpha value is -2.74. The van der Waals surface area contributed by atoms with Gasteiger partial charge in [0.25, 0.3) is 0 Å². The minimum absolute atomic E-state index is 0.116. The van der Waals surface area contributed by atoms with E-state index in [1.165, 1.54) is 0 Å². The lowest BCUT2D eigenvalue weighted by Crippen LogP contribution is -2.21. The van der Waals surface area contributed by atoms with Crippen molar-refractivity contribution in [3.05, 3.63) is 58.6 Å². The van der Waals surface area contributed by atoms with Crippen LogP contribution in [0.25, 0.3) is 0 Å². The summed E-state index contributed by atoms with van der Waals surface area (Å²) in [5.74, 6) is 0.527. The fraction of sp³-hybridized carbons (Fsp3) is 0.250. The molecular formula is C16H16N4O. The smallest absolute Gasteiger partial charge is 0.243 e. The summed E-state index contributed by atoms with van der Waals surface area (Å²) in [7, 11) is 0. The number of benzene rings is 1. The van der Waals surface area contributed by atoms with E-state index in [-0.39, 0.29) is 11.8 Å². The summed E-state index contributed by atoms with van der Waals surface area (Å²) in [6.45, 7) is 2.04. The van der Waals surface area contributed by atoms with Crippen LogP contribution in [-0.4, -0.2) is 10.2 Å². The highest BCUT2D eigenvalue weighted by molar-refractivity contribution is 5.49. The molecule has 1 aliphatic heterocycles. The lowest BCUT2D eigenvalue weighted by Gasteiger charge is -2.23. The van der Waals surface area contributed by atoms with Gasteiger partial charge in [-0.15, -0.1) is 5.10 Å². The predicted molar refractivity (Wildman–Crippen MR) is 78.3 cm³/mol. The van der Waals surface area contributed by atoms with Crippen molar-refractivity contribution in [2.24, 2.45) is 5.73 Å². The Morgan fingerprint density at radius 3 is 2.81 bits per heavy atom. The van der Waals surface area contributed by atoms with Crippen LogP contribution in [0.15, 0.2) is 41.8 Å². The molecule has 3 rings (SSSR count). The Kier molecular flexibility index (Phi) is 3.36. The van der Waals surface area contributed by atoms with E-state index in [0.29, 0.717) is 17.9 Å². The van der Waals surface area contributed by atoms with Gasteiger partial charge >= 0.3 is 0 Å². The van der Waals surface area contributed by atoms with Gasteiger partial charge < -0.3 is 10.5 Å². The third-order valence-electron chi connectivity index (χ3n) is 3.77. The minimum atomic E-state index is -0.116. The van der Waals surface area contributed by atoms with Crippen molar-refractivity contribution in [2.75, 3.05) is 0 Å². The van der Waals surface area contributed by atoms with E-state index in [2.05, 4.69) is 16.3 Å². The van der Waals surface area contributed by atoms with Gasteiger partial charge in [0.15, 0.2) is 0 Å². The van der Waals surface area contributed by atoms with Gasteiger partial charge in [0.1, 0.15) is 6.07 Å². The molecule has 0 bridgehead atoms. The van der Waals surface area contributed by atoms with Crippen LogP contribution in [0.4, 0.5) is 0 Å². The summed E-state index contributed by atoms with van der Waals surface area (Å²) >= 11 is 0. The lowest BCUT2D eigenvalue weighted by molar-refractivity contribution is 0.373. The number of hydrogen-bond donors (Lipinski definition) is 2. The second-order valence-electron chi connectivity index (χ2n) is 5.01. The first-order chi connectivity index (χ1) is 10.2. The van der Waals surface area contributed by atoms with Gasteiger partial charge in [0.2, 0.25) is 11.8 Å². The molecule has 0 saturated carbocycles. The number of aryl methyl sites for hydroxylation is 1. The first kappa shape index (κ1) is 13.3. The molecule has 0 saturated heterocycles. The zero-order valence-corrected chi connectivity index (χ0v) is 11.8. The summed E-state index contributed by atoms with van der Waals surface area (Å²) < 4.78 is 5.48. The van der Waals surface area contributed by atoms with Gasteiger partial charge in [0.05, 0.1) is 5.57 Å². The van der Waals surface area contributed by atoms with Crippen molar-refractivity contribution >= 4 is 0 Å². The molecule has 0 amide bonds. The van der Waals surface area contributed by atoms with Crippen molar-refractivity contribution in [3.63, 3.8) is 0 Å². The molecule has 5 heteroatoms. The number of aromatic nitrogens is 2. The highest BCUT2D eigenvalue weighted by atomic mass is 16.5. The zero-order valence-electron chi connectivity index (χ0n) is 11.8. The van der Waals surface area contributed by atoms with Crippen LogP contribution in [0, 0.1) is 11.3 Å². The summed E-state index contributed by atoms with van der Waals surface area (Å²) in [4.78, 5) is 0. The number of nitrogens with one attached hydrogen (secondary N) is 1. The summed E-state index contributed by atoms with van der Waals surface area (Å²) in [6.07, 6.45) is 1.50. The summed E-state index contributed by atoms with van der Waals surface area (Å²) in [5, 5.41) is 16.6. The number of rotatable bonds is 3. The SMILES string of the molecule is CCc1[nH]nc2c1[C@@H](Cc1ccccc1)C(C#N)=C(N)O2. The molecule has 1 aromatic carbocycles. The first-order valence-corrected chi connectivity index (χ1v) is 6.93. The Morgan fingerprint density at radius 1 is 1.38 bits per heavy atom. The fourth-order valence-corrected chi connectivity index (χ4v) is 2.74. The lowest BCUT2D eigenvalue weighted by atomic mass is 9.84. The van der Waals surface area contributed by atoms with Gasteiger partial charge in [-0.1, -0.05) is 37.3 Å². The van der Waals surface area contributed by atoms with Crippen molar-refractivity contribution in [2.45, 2.75) is 25.7 Å². The highest BCUT2D eigenvalue weighted by Crippen LogP contribution is 2.40. The number of H-pyrrole nitrogens is 1. The van der Waals surface area contributed by atoms with Crippen molar-refractivity contribution in [1.82, 2.24) is 10.2 Å². The maximum Gasteiger partial charge on any atom is 0.243 e. The molecule has 106 valence electrons. The molecule has 1 aliphatic rings. The predicted octanol–water partition coefficient (Wildman–Crippen LogP) is 2.38. The average Bonchev–Trinajstić information content (AvgIpc) is 2.91. The van der Waals surface area contributed by atoms with Crippen molar-refractivity contribution in [3.8, 4) is 11.9 Å². The second kappa shape index (κ2) is 5.33. The highest BCUT2D eigenvalue weighted by Gasteiger charge is 2.33. The van der Waals surface area contributed by atoms with E-state index in [9.17, 15) is 5.26 Å². The van der Waals surface area contributed by atoms with Crippen LogP contribution in [-0.2, 0) is 12.8 Å². The van der Waals surface area contributed by atoms with Gasteiger partial charge in [0, 0.05) is 17.2 Å². The van der Waals surface area contributed by atoms with E-state index in [1.807, 2.05) is 37.3 Å². The molecule has 0 unspecified atom stereocenters. The van der Waals surface area contributed by atoms with Gasteiger partial charge in [-0.2, -0.15) is 5.26 Å². The number of aromatic amines is 1. The van der Waals surface area contributed by atoms with Crippen LogP contribution in [0.1, 0.15) is 29.7 Å². The molecule has 0 aliphatic carbocycles. The Morgan fingerprint density at radius 2 is 2.14 bits per heavy atom. The normalized spacial score (nSPS) is 17.0. The molecule has 21 heavy (non-hydrogen) atoms. The zero-order chi connectivity index (χ0) is 14.8. The average molecular weight is 280 g/mol. The number of nitrogens with zero attached hydrogens (tertiary/aromatic N) is 2. The Bertz CT molecular complexity index is 724. The number of hydrogen-bond acceptors (Lipinski definition) is 4. The molecule has 0 radical (unpaired) electrons. The topological polar surface area (TPSA) is 87.7 Å². The maximum absolute atomic E-state index is 9.44. The maximum atomic E-state index is 9.44. The van der Waals surface area contributed by atoms with E-state index < -0.39 is 0 Å². The molecule has 2 heterocycles. The molecule has 1 aromatic heterocycles. The monoisotopic (exact) mass is 280 g/mol. The quantitative estimate of drug-likeness (QED) is 0.903. The molecule has 0 spiro atoms. The van der Waals surface area contributed by atoms with E-state index >= 15 is 0 Å². The van der Waals surface area contributed by atoms with Crippen LogP contribution in [0.3, 0.4) is 0 Å². The Labute approximate surface area is 123 Å². The second-order valence-corrected chi connectivity index (χ2v) is 5.01. The van der Waals surface area contributed by atoms with E-state index in [1.54, 1.807) is 0 Å². The van der Waals surface area contributed by atoms with E-state index in [0.717, 1.165) is 23.2 Å². The van der Waals surface area contributed by atoms with Gasteiger partial charge in [-0.3, -0.25) is 5.10 Å². The van der Waals surface area contributed by atoms with Gasteiger partial charge in [-0.05, 0) is 18.4 Å². The van der Waals surface area contributed by atoms with E-state index in [4.69, 9.17) is 10.5 Å². The van der Waals surface area contributed by atoms with Crippen molar-refractivity contribution in [1.29, 1.82) is 5.26 Å². The third-order valence-corrected chi connectivity index (χ3v) is 3.77. The number of fused-ring (bicyclic) bond motifs is 1. The van der Waals surface area contributed by atoms with Crippen LogP contribution in [0.2, 0.25) is 0 Å². The summed E-state index contributed by atoms with van der Waals surface area (Å²) in [6, 6.07) is 12.2. The number of nitrogens with two attached hydrogens (primary N) is 1. The molecule has 1 atom stereocenters. The third kappa shape index (κ3) is 2.25. The number of ether oxygens (including phenoxy) is 1. The molecule has 3 N–H and O–H groups in total. The summed E-state index contributed by atoms with van der Waals surface area (Å²) in [5.41, 5.74) is 9.45. The van der Waals surface area contributed by atoms with Crippen LogP contribution < -0.4 is 10.5 Å². The number of nitriles is 1. The molecule has 2 aromatic rings. The fourth-order valence-electron chi connectivity index (χ4n) is 2.74. The first-order valence-electron chi connectivity index (χ1n) is 6.93. The molecular weight excluding hydrogens is 264 g/mol. The molecule has 5 nitrogen and oxygen atoms in total.